The quantitative estimate of drug-likeness (QED) is 0.845. The average molecular weight is 337 g/mol. The summed E-state index contributed by atoms with van der Waals surface area (Å²) in [6, 6.07) is 7.50. The number of nitrogens with zero attached hydrogens (tertiary/aromatic N) is 1. The summed E-state index contributed by atoms with van der Waals surface area (Å²) in [5.74, 6) is -0.0443. The van der Waals surface area contributed by atoms with Crippen molar-refractivity contribution in [1.82, 2.24) is 4.90 Å². The summed E-state index contributed by atoms with van der Waals surface area (Å²) in [6.45, 7) is 0.753. The predicted molar refractivity (Wildman–Crippen MR) is 77.0 cm³/mol. The van der Waals surface area contributed by atoms with Gasteiger partial charge < -0.3 is 9.64 Å². The highest BCUT2D eigenvalue weighted by Crippen LogP contribution is 2.27. The molecule has 1 radical (unpaired) electrons. The maximum absolute atomic E-state index is 12.2. The maximum atomic E-state index is 12.2. The summed E-state index contributed by atoms with van der Waals surface area (Å²) in [7, 11) is 0. The third-order valence-corrected chi connectivity index (χ3v) is 4.35. The molecule has 20 heavy (non-hydrogen) atoms. The molecule has 2 aliphatic heterocycles. The fourth-order valence-electron chi connectivity index (χ4n) is 2.78. The van der Waals surface area contributed by atoms with Crippen molar-refractivity contribution in [2.45, 2.75) is 25.0 Å². The highest BCUT2D eigenvalue weighted by Gasteiger charge is 2.46. The highest BCUT2D eigenvalue weighted by molar-refractivity contribution is 9.10. The Morgan fingerprint density at radius 1 is 1.40 bits per heavy atom. The molecule has 0 aromatic heterocycles. The molecule has 0 N–H and O–H groups in total. The fourth-order valence-corrected chi connectivity index (χ4v) is 3.05. The molecule has 4 nitrogen and oxygen atoms in total. The SMILES string of the molecule is O=C1COC2CCN(C(=O)[CH]Cc3ccc(Br)cc3)C12. The van der Waals surface area contributed by atoms with Gasteiger partial charge in [-0.1, -0.05) is 28.1 Å². The van der Waals surface area contributed by atoms with Gasteiger partial charge in [0.25, 0.3) is 0 Å². The summed E-state index contributed by atoms with van der Waals surface area (Å²) in [4.78, 5) is 25.6. The van der Waals surface area contributed by atoms with Gasteiger partial charge in [-0.15, -0.1) is 0 Å². The Bertz CT molecular complexity index is 528. The summed E-state index contributed by atoms with van der Waals surface area (Å²) in [5, 5.41) is 0. The lowest BCUT2D eigenvalue weighted by atomic mass is 10.1. The zero-order chi connectivity index (χ0) is 14.1. The van der Waals surface area contributed by atoms with Crippen LogP contribution < -0.4 is 0 Å². The van der Waals surface area contributed by atoms with E-state index in [9.17, 15) is 9.59 Å². The van der Waals surface area contributed by atoms with Crippen LogP contribution >= 0.6 is 15.9 Å². The van der Waals surface area contributed by atoms with Gasteiger partial charge in [-0.2, -0.15) is 0 Å². The molecule has 2 saturated heterocycles. The van der Waals surface area contributed by atoms with E-state index < -0.39 is 0 Å². The number of Topliss-reactive ketones (excluding diaryl/α,β-unsaturated/α-hetero) is 1. The molecule has 2 heterocycles. The minimum absolute atomic E-state index is 0.0258. The first-order valence-corrected chi connectivity index (χ1v) is 7.47. The monoisotopic (exact) mass is 336 g/mol. The van der Waals surface area contributed by atoms with E-state index in [0.717, 1.165) is 16.5 Å². The van der Waals surface area contributed by atoms with Crippen LogP contribution in [-0.2, 0) is 20.7 Å². The number of hydrogen-bond acceptors (Lipinski definition) is 3. The summed E-state index contributed by atoms with van der Waals surface area (Å²) >= 11 is 3.38. The Morgan fingerprint density at radius 2 is 2.15 bits per heavy atom. The number of carbonyl (C=O) groups is 2. The molecule has 0 bridgehead atoms. The van der Waals surface area contributed by atoms with Gasteiger partial charge >= 0.3 is 0 Å². The molecule has 1 amide bonds. The molecule has 2 fully saturated rings. The number of ether oxygens (including phenoxy) is 1. The van der Waals surface area contributed by atoms with Gasteiger partial charge in [0.1, 0.15) is 12.6 Å². The molecule has 2 aliphatic rings. The van der Waals surface area contributed by atoms with Gasteiger partial charge in [0.2, 0.25) is 5.91 Å². The molecule has 3 rings (SSSR count). The normalized spacial score (nSPS) is 25.1. The molecule has 2 atom stereocenters. The molecular weight excluding hydrogens is 322 g/mol. The van der Waals surface area contributed by atoms with Crippen LogP contribution in [0.1, 0.15) is 12.0 Å². The van der Waals surface area contributed by atoms with Crippen LogP contribution in [0.5, 0.6) is 0 Å². The molecule has 2 unspecified atom stereocenters. The minimum Gasteiger partial charge on any atom is -0.368 e. The van der Waals surface area contributed by atoms with Crippen molar-refractivity contribution in [3.63, 3.8) is 0 Å². The van der Waals surface area contributed by atoms with Crippen molar-refractivity contribution < 1.29 is 14.3 Å². The van der Waals surface area contributed by atoms with Gasteiger partial charge in [-0.25, -0.2) is 0 Å². The van der Waals surface area contributed by atoms with Crippen LogP contribution in [0, 0.1) is 6.42 Å². The number of benzene rings is 1. The topological polar surface area (TPSA) is 46.6 Å². The number of ketones is 1. The minimum atomic E-state index is -0.358. The lowest BCUT2D eigenvalue weighted by Crippen LogP contribution is -2.42. The number of fused-ring (bicyclic) bond motifs is 1. The predicted octanol–water partition coefficient (Wildman–Crippen LogP) is 1.76. The molecular formula is C15H15BrNO3. The Hall–Kier alpha value is -1.20. The van der Waals surface area contributed by atoms with Crippen molar-refractivity contribution in [3.8, 4) is 0 Å². The Balaban J connectivity index is 1.59. The summed E-state index contributed by atoms with van der Waals surface area (Å²) in [6.07, 6.45) is 2.90. The van der Waals surface area contributed by atoms with Gasteiger partial charge in [0.15, 0.2) is 5.78 Å². The maximum Gasteiger partial charge on any atom is 0.227 e. The number of amides is 1. The van der Waals surface area contributed by atoms with Crippen LogP contribution in [0.25, 0.3) is 0 Å². The van der Waals surface area contributed by atoms with Crippen LogP contribution in [0.3, 0.4) is 0 Å². The van der Waals surface area contributed by atoms with Crippen LogP contribution in [0.4, 0.5) is 0 Å². The smallest absolute Gasteiger partial charge is 0.227 e. The summed E-state index contributed by atoms with van der Waals surface area (Å²) < 4.78 is 6.40. The molecule has 0 aliphatic carbocycles. The van der Waals surface area contributed by atoms with E-state index in [2.05, 4.69) is 15.9 Å². The van der Waals surface area contributed by atoms with Gasteiger partial charge in [0.05, 0.1) is 12.5 Å². The third-order valence-electron chi connectivity index (χ3n) is 3.82. The van der Waals surface area contributed by atoms with Crippen molar-refractivity contribution in [2.75, 3.05) is 13.2 Å². The van der Waals surface area contributed by atoms with E-state index in [1.165, 1.54) is 0 Å². The lowest BCUT2D eigenvalue weighted by Gasteiger charge is -2.21. The van der Waals surface area contributed by atoms with E-state index >= 15 is 0 Å². The lowest BCUT2D eigenvalue weighted by molar-refractivity contribution is -0.133. The molecule has 5 heteroatoms. The highest BCUT2D eigenvalue weighted by atomic mass is 79.9. The zero-order valence-corrected chi connectivity index (χ0v) is 12.5. The van der Waals surface area contributed by atoms with Crippen LogP contribution in [0.2, 0.25) is 0 Å². The molecule has 0 spiro atoms. The first kappa shape index (κ1) is 13.8. The van der Waals surface area contributed by atoms with Crippen LogP contribution in [-0.4, -0.2) is 41.9 Å². The first-order valence-electron chi connectivity index (χ1n) is 6.68. The van der Waals surface area contributed by atoms with Gasteiger partial charge in [-0.3, -0.25) is 9.59 Å². The zero-order valence-electron chi connectivity index (χ0n) is 10.9. The standard InChI is InChI=1S/C15H15BrNO3/c16-11-4-1-10(2-5-11)3-6-14(19)17-8-7-13-15(17)12(18)9-20-13/h1-2,4-6,13,15H,3,7-9H2. The van der Waals surface area contributed by atoms with Crippen molar-refractivity contribution in [2.24, 2.45) is 0 Å². The van der Waals surface area contributed by atoms with E-state index in [4.69, 9.17) is 4.74 Å². The average Bonchev–Trinajstić information content (AvgIpc) is 3.01. The van der Waals surface area contributed by atoms with E-state index in [1.807, 2.05) is 24.3 Å². The van der Waals surface area contributed by atoms with Crippen molar-refractivity contribution >= 4 is 27.6 Å². The Kier molecular flexibility index (Phi) is 3.89. The molecule has 0 saturated carbocycles. The molecule has 105 valence electrons. The number of hydrogen-bond donors (Lipinski definition) is 0. The summed E-state index contributed by atoms with van der Waals surface area (Å²) in [5.41, 5.74) is 1.08. The number of rotatable bonds is 3. The Morgan fingerprint density at radius 3 is 2.90 bits per heavy atom. The van der Waals surface area contributed by atoms with E-state index in [-0.39, 0.29) is 30.4 Å². The van der Waals surface area contributed by atoms with E-state index in [0.29, 0.717) is 13.0 Å². The second kappa shape index (κ2) is 5.66. The fraction of sp³-hybridized carbons (Fsp3) is 0.400. The van der Waals surface area contributed by atoms with Crippen LogP contribution in [0.15, 0.2) is 28.7 Å². The number of likely N-dealkylation sites (tertiary alicyclic amines) is 1. The van der Waals surface area contributed by atoms with Crippen molar-refractivity contribution in [1.29, 1.82) is 0 Å². The second-order valence-electron chi connectivity index (χ2n) is 5.12. The van der Waals surface area contributed by atoms with Gasteiger partial charge in [-0.05, 0) is 30.5 Å². The van der Waals surface area contributed by atoms with E-state index in [1.54, 1.807) is 11.3 Å². The molecule has 1 aromatic carbocycles. The first-order chi connectivity index (χ1) is 9.65. The van der Waals surface area contributed by atoms with Gasteiger partial charge in [0, 0.05) is 11.0 Å². The largest absolute Gasteiger partial charge is 0.368 e. The second-order valence-corrected chi connectivity index (χ2v) is 6.03. The molecule has 1 aromatic rings. The number of carbonyl (C=O) groups excluding carboxylic acids is 2. The third kappa shape index (κ3) is 2.65. The Labute approximate surface area is 126 Å². The number of halogens is 1. The van der Waals surface area contributed by atoms with Crippen molar-refractivity contribution in [3.05, 3.63) is 40.7 Å².